The monoisotopic (exact) mass is 264 g/mol. The molecule has 2 aromatic rings. The molecule has 1 aromatic carbocycles. The Labute approximate surface area is 109 Å². The normalized spacial score (nSPS) is 17.2. The van der Waals surface area contributed by atoms with Crippen molar-refractivity contribution in [3.05, 3.63) is 29.8 Å². The molecule has 1 saturated carbocycles. The van der Waals surface area contributed by atoms with Gasteiger partial charge < -0.3 is 14.4 Å². The van der Waals surface area contributed by atoms with Crippen molar-refractivity contribution in [2.45, 2.75) is 24.9 Å². The Morgan fingerprint density at radius 1 is 1.42 bits per heavy atom. The lowest BCUT2D eigenvalue weighted by atomic mass is 9.79. The predicted octanol–water partition coefficient (Wildman–Crippen LogP) is 2.61. The third-order valence-electron chi connectivity index (χ3n) is 3.57. The number of halogens is 1. The van der Waals surface area contributed by atoms with Crippen molar-refractivity contribution in [3.63, 3.8) is 0 Å². The molecule has 1 fully saturated rings. The van der Waals surface area contributed by atoms with E-state index in [0.717, 1.165) is 25.3 Å². The minimum absolute atomic E-state index is 0.0934. The van der Waals surface area contributed by atoms with Gasteiger partial charge >= 0.3 is 0 Å². The number of nitrogens with zero attached hydrogens (tertiary/aromatic N) is 2. The highest BCUT2D eigenvalue weighted by Gasteiger charge is 2.43. The summed E-state index contributed by atoms with van der Waals surface area (Å²) < 4.78 is 24.2. The number of aromatic nitrogens is 2. The lowest BCUT2D eigenvalue weighted by Crippen LogP contribution is -2.37. The van der Waals surface area contributed by atoms with Gasteiger partial charge in [-0.15, -0.1) is 0 Å². The molecule has 3 rings (SSSR count). The highest BCUT2D eigenvalue weighted by molar-refractivity contribution is 5.55. The minimum atomic E-state index is -0.602. The summed E-state index contributed by atoms with van der Waals surface area (Å²) in [6.45, 7) is 0. The average molecular weight is 264 g/mol. The fourth-order valence-corrected chi connectivity index (χ4v) is 2.21. The van der Waals surface area contributed by atoms with Gasteiger partial charge in [0.15, 0.2) is 0 Å². The van der Waals surface area contributed by atoms with Gasteiger partial charge in [0.1, 0.15) is 17.2 Å². The lowest BCUT2D eigenvalue weighted by Gasteiger charge is -2.37. The molecule has 100 valence electrons. The van der Waals surface area contributed by atoms with Gasteiger partial charge in [0.25, 0.3) is 5.89 Å². The number of hydrogen-bond donors (Lipinski definition) is 1. The van der Waals surface area contributed by atoms with Gasteiger partial charge in [-0.05, 0) is 31.4 Å². The summed E-state index contributed by atoms with van der Waals surface area (Å²) in [7, 11) is 1.61. The maximum Gasteiger partial charge on any atom is 0.261 e. The van der Waals surface area contributed by atoms with Crippen LogP contribution < -0.4 is 0 Å². The number of aromatic hydroxyl groups is 1. The second-order valence-electron chi connectivity index (χ2n) is 4.64. The number of phenols is 1. The molecule has 19 heavy (non-hydrogen) atoms. The Morgan fingerprint density at radius 2 is 2.21 bits per heavy atom. The molecule has 5 nitrogen and oxygen atoms in total. The van der Waals surface area contributed by atoms with Crippen LogP contribution in [0.25, 0.3) is 11.5 Å². The Hall–Kier alpha value is -1.95. The van der Waals surface area contributed by atoms with Gasteiger partial charge in [-0.25, -0.2) is 4.39 Å². The number of rotatable bonds is 3. The first-order chi connectivity index (χ1) is 9.14. The minimum Gasteiger partial charge on any atom is -0.508 e. The van der Waals surface area contributed by atoms with Crippen molar-refractivity contribution in [2.75, 3.05) is 7.11 Å². The summed E-state index contributed by atoms with van der Waals surface area (Å²) >= 11 is 0. The average Bonchev–Trinajstić information content (AvgIpc) is 2.78. The van der Waals surface area contributed by atoms with Crippen molar-refractivity contribution >= 4 is 0 Å². The molecule has 1 N–H and O–H groups in total. The molecule has 0 aliphatic heterocycles. The van der Waals surface area contributed by atoms with E-state index >= 15 is 0 Å². The molecule has 0 atom stereocenters. The third kappa shape index (κ3) is 1.88. The zero-order chi connectivity index (χ0) is 13.5. The molecule has 1 aliphatic carbocycles. The van der Waals surface area contributed by atoms with E-state index < -0.39 is 11.4 Å². The molecule has 1 aliphatic rings. The number of benzene rings is 1. The third-order valence-corrected chi connectivity index (χ3v) is 3.57. The first-order valence-electron chi connectivity index (χ1n) is 6.03. The van der Waals surface area contributed by atoms with Crippen molar-refractivity contribution in [3.8, 4) is 17.2 Å². The summed E-state index contributed by atoms with van der Waals surface area (Å²) in [5, 5.41) is 13.1. The van der Waals surface area contributed by atoms with Crippen LogP contribution in [0, 0.1) is 5.82 Å². The van der Waals surface area contributed by atoms with Gasteiger partial charge in [-0.1, -0.05) is 5.16 Å². The van der Waals surface area contributed by atoms with Crippen LogP contribution in [0.5, 0.6) is 5.75 Å². The maximum absolute atomic E-state index is 13.7. The molecule has 0 amide bonds. The second-order valence-corrected chi connectivity index (χ2v) is 4.64. The van der Waals surface area contributed by atoms with E-state index in [-0.39, 0.29) is 17.2 Å². The zero-order valence-electron chi connectivity index (χ0n) is 10.4. The number of phenolic OH excluding ortho intramolecular Hbond substituents is 1. The number of methoxy groups -OCH3 is 1. The summed E-state index contributed by atoms with van der Waals surface area (Å²) in [6, 6.07) is 3.79. The summed E-state index contributed by atoms with van der Waals surface area (Å²) in [4.78, 5) is 4.21. The van der Waals surface area contributed by atoms with E-state index in [1.807, 2.05) is 0 Å². The highest BCUT2D eigenvalue weighted by atomic mass is 19.1. The molecular formula is C13H13FN2O3. The van der Waals surface area contributed by atoms with Crippen LogP contribution in [-0.2, 0) is 10.3 Å². The molecule has 0 saturated heterocycles. The van der Waals surface area contributed by atoms with Crippen LogP contribution >= 0.6 is 0 Å². The molecule has 6 heteroatoms. The highest BCUT2D eigenvalue weighted by Crippen LogP contribution is 2.43. The van der Waals surface area contributed by atoms with Gasteiger partial charge in [0.2, 0.25) is 5.82 Å². The SMILES string of the molecule is COC1(c2noc(-c3ccc(O)cc3F)n2)CCC1. The van der Waals surface area contributed by atoms with E-state index in [1.165, 1.54) is 12.1 Å². The van der Waals surface area contributed by atoms with Gasteiger partial charge in [-0.2, -0.15) is 4.98 Å². The van der Waals surface area contributed by atoms with Crippen molar-refractivity contribution in [2.24, 2.45) is 0 Å². The van der Waals surface area contributed by atoms with Gasteiger partial charge in [0.05, 0.1) is 5.56 Å². The Bertz CT molecular complexity index is 602. The first-order valence-corrected chi connectivity index (χ1v) is 6.03. The molecular weight excluding hydrogens is 251 g/mol. The number of ether oxygens (including phenoxy) is 1. The summed E-state index contributed by atoms with van der Waals surface area (Å²) in [5.74, 6) is -0.205. The van der Waals surface area contributed by atoms with Crippen molar-refractivity contribution in [1.29, 1.82) is 0 Å². The van der Waals surface area contributed by atoms with Crippen LogP contribution in [0.1, 0.15) is 25.1 Å². The summed E-state index contributed by atoms with van der Waals surface area (Å²) in [5.41, 5.74) is -0.322. The van der Waals surface area contributed by atoms with Crippen molar-refractivity contribution < 1.29 is 18.8 Å². The summed E-state index contributed by atoms with van der Waals surface area (Å²) in [6.07, 6.45) is 2.71. The molecule has 1 aromatic heterocycles. The predicted molar refractivity (Wildman–Crippen MR) is 63.9 cm³/mol. The second kappa shape index (κ2) is 4.31. The van der Waals surface area contributed by atoms with Crippen LogP contribution in [0.2, 0.25) is 0 Å². The van der Waals surface area contributed by atoms with E-state index in [0.29, 0.717) is 5.82 Å². The topological polar surface area (TPSA) is 68.4 Å². The van der Waals surface area contributed by atoms with E-state index in [2.05, 4.69) is 10.1 Å². The largest absolute Gasteiger partial charge is 0.508 e. The maximum atomic E-state index is 13.7. The van der Waals surface area contributed by atoms with Gasteiger partial charge in [-0.3, -0.25) is 0 Å². The molecule has 0 spiro atoms. The molecule has 0 unspecified atom stereocenters. The van der Waals surface area contributed by atoms with Gasteiger partial charge in [0, 0.05) is 13.2 Å². The van der Waals surface area contributed by atoms with Crippen molar-refractivity contribution in [1.82, 2.24) is 10.1 Å². The Kier molecular flexibility index (Phi) is 2.74. The zero-order valence-corrected chi connectivity index (χ0v) is 10.4. The fraction of sp³-hybridized carbons (Fsp3) is 0.385. The molecule has 0 bridgehead atoms. The Morgan fingerprint density at radius 3 is 2.79 bits per heavy atom. The Balaban J connectivity index is 1.97. The molecule has 1 heterocycles. The van der Waals surface area contributed by atoms with Crippen LogP contribution in [-0.4, -0.2) is 22.4 Å². The van der Waals surface area contributed by atoms with Crippen LogP contribution in [0.4, 0.5) is 4.39 Å². The quantitative estimate of drug-likeness (QED) is 0.922. The van der Waals surface area contributed by atoms with E-state index in [1.54, 1.807) is 7.11 Å². The lowest BCUT2D eigenvalue weighted by molar-refractivity contribution is -0.0858. The van der Waals surface area contributed by atoms with Crippen LogP contribution in [0.3, 0.4) is 0 Å². The first kappa shape index (κ1) is 12.1. The van der Waals surface area contributed by atoms with Crippen LogP contribution in [0.15, 0.2) is 22.7 Å². The molecule has 0 radical (unpaired) electrons. The smallest absolute Gasteiger partial charge is 0.261 e. The standard InChI is InChI=1S/C13H13FN2O3/c1-18-13(5-2-6-13)12-15-11(19-16-12)9-4-3-8(17)7-10(9)14/h3-4,7,17H,2,5-6H2,1H3. The fourth-order valence-electron chi connectivity index (χ4n) is 2.21. The van der Waals surface area contributed by atoms with E-state index in [9.17, 15) is 9.50 Å². The van der Waals surface area contributed by atoms with E-state index in [4.69, 9.17) is 9.26 Å². The number of hydrogen-bond acceptors (Lipinski definition) is 5.